The van der Waals surface area contributed by atoms with Gasteiger partial charge in [0, 0.05) is 0 Å². The zero-order chi connectivity index (χ0) is 7.61. The van der Waals surface area contributed by atoms with Crippen LogP contribution < -0.4 is 0 Å². The summed E-state index contributed by atoms with van der Waals surface area (Å²) in [6.45, 7) is 1.36. The Hall–Kier alpha value is -0.220. The minimum Gasteiger partial charge on any atom is -0.373 e. The molecule has 0 aromatic rings. The van der Waals surface area contributed by atoms with Crippen molar-refractivity contribution >= 4 is 0 Å². The van der Waals surface area contributed by atoms with Crippen LogP contribution in [0.4, 0.5) is 8.78 Å². The van der Waals surface area contributed by atoms with E-state index in [-0.39, 0.29) is 13.2 Å². The van der Waals surface area contributed by atoms with Crippen molar-refractivity contribution in [3.63, 3.8) is 0 Å². The highest BCUT2D eigenvalue weighted by Gasteiger charge is 2.39. The number of hydrogen-bond donors (Lipinski definition) is 0. The van der Waals surface area contributed by atoms with Crippen LogP contribution in [0.1, 0.15) is 6.92 Å². The molecule has 60 valence electrons. The second kappa shape index (κ2) is 2.80. The molecule has 1 aliphatic heterocycles. The third-order valence-corrected chi connectivity index (χ3v) is 1.48. The first-order valence-corrected chi connectivity index (χ1v) is 3.20. The molecule has 0 N–H and O–H groups in total. The minimum absolute atomic E-state index is 0.261. The molecule has 1 aliphatic rings. The van der Waals surface area contributed by atoms with E-state index in [1.54, 1.807) is 0 Å². The van der Waals surface area contributed by atoms with Crippen LogP contribution in [-0.4, -0.2) is 31.8 Å². The van der Waals surface area contributed by atoms with Gasteiger partial charge in [0.25, 0.3) is 5.92 Å². The third kappa shape index (κ3) is 1.64. The van der Waals surface area contributed by atoms with E-state index in [4.69, 9.17) is 4.74 Å². The van der Waals surface area contributed by atoms with Crippen molar-refractivity contribution in [1.82, 2.24) is 0 Å². The second-order valence-electron chi connectivity index (χ2n) is 2.33. The maximum absolute atomic E-state index is 12.6. The molecule has 0 aliphatic carbocycles. The van der Waals surface area contributed by atoms with Crippen molar-refractivity contribution in [3.8, 4) is 0 Å². The fraction of sp³-hybridized carbons (Fsp3) is 1.00. The number of ether oxygens (including phenoxy) is 2. The number of hydrogen-bond acceptors (Lipinski definition) is 2. The maximum Gasteiger partial charge on any atom is 0.296 e. The average molecular weight is 152 g/mol. The van der Waals surface area contributed by atoms with E-state index in [1.165, 1.54) is 6.92 Å². The Morgan fingerprint density at radius 1 is 1.40 bits per heavy atom. The monoisotopic (exact) mass is 152 g/mol. The van der Waals surface area contributed by atoms with Gasteiger partial charge in [0.05, 0.1) is 13.2 Å². The van der Waals surface area contributed by atoms with Crippen LogP contribution in [-0.2, 0) is 9.47 Å². The molecule has 0 aromatic carbocycles. The predicted molar refractivity (Wildman–Crippen MR) is 31.2 cm³/mol. The minimum atomic E-state index is -2.82. The van der Waals surface area contributed by atoms with Crippen molar-refractivity contribution in [1.29, 1.82) is 0 Å². The Labute approximate surface area is 58.1 Å². The quantitative estimate of drug-likeness (QED) is 0.516. The summed E-state index contributed by atoms with van der Waals surface area (Å²) in [5, 5.41) is 0. The SMILES string of the molecule is CC1OCCOCC1(F)F. The molecule has 0 bridgehead atoms. The van der Waals surface area contributed by atoms with Crippen LogP contribution in [0.2, 0.25) is 0 Å². The van der Waals surface area contributed by atoms with Gasteiger partial charge in [0.15, 0.2) is 0 Å². The van der Waals surface area contributed by atoms with Gasteiger partial charge in [-0.2, -0.15) is 0 Å². The van der Waals surface area contributed by atoms with Crippen LogP contribution in [0, 0.1) is 0 Å². The molecule has 0 radical (unpaired) electrons. The molecule has 0 amide bonds. The van der Waals surface area contributed by atoms with Crippen LogP contribution >= 0.6 is 0 Å². The average Bonchev–Trinajstić information content (AvgIpc) is 1.96. The Morgan fingerprint density at radius 2 is 2.10 bits per heavy atom. The molecule has 1 atom stereocenters. The van der Waals surface area contributed by atoms with Gasteiger partial charge in [0.1, 0.15) is 12.7 Å². The van der Waals surface area contributed by atoms with Crippen molar-refractivity contribution < 1.29 is 18.3 Å². The van der Waals surface area contributed by atoms with Crippen LogP contribution in [0.3, 0.4) is 0 Å². The van der Waals surface area contributed by atoms with Crippen LogP contribution in [0.25, 0.3) is 0 Å². The van der Waals surface area contributed by atoms with E-state index in [2.05, 4.69) is 4.74 Å². The molecule has 1 heterocycles. The van der Waals surface area contributed by atoms with E-state index < -0.39 is 18.6 Å². The van der Waals surface area contributed by atoms with Gasteiger partial charge in [-0.3, -0.25) is 0 Å². The van der Waals surface area contributed by atoms with Crippen LogP contribution in [0.15, 0.2) is 0 Å². The second-order valence-corrected chi connectivity index (χ2v) is 2.33. The van der Waals surface area contributed by atoms with Gasteiger partial charge in [-0.05, 0) is 6.92 Å². The highest BCUT2D eigenvalue weighted by Crippen LogP contribution is 2.23. The van der Waals surface area contributed by atoms with Gasteiger partial charge in [-0.15, -0.1) is 0 Å². The summed E-state index contributed by atoms with van der Waals surface area (Å²) in [6.07, 6.45) is -1.02. The van der Waals surface area contributed by atoms with Crippen LogP contribution in [0.5, 0.6) is 0 Å². The summed E-state index contributed by atoms with van der Waals surface area (Å²) in [6, 6.07) is 0. The molecule has 4 heteroatoms. The molecule has 0 spiro atoms. The van der Waals surface area contributed by atoms with Gasteiger partial charge in [-0.1, -0.05) is 0 Å². The molecule has 0 aromatic heterocycles. The molecule has 2 nitrogen and oxygen atoms in total. The molecular formula is C6H10F2O2. The molecule has 1 fully saturated rings. The normalized spacial score (nSPS) is 33.3. The van der Waals surface area contributed by atoms with E-state index in [0.29, 0.717) is 0 Å². The zero-order valence-electron chi connectivity index (χ0n) is 5.77. The Balaban J connectivity index is 2.52. The Bertz CT molecular complexity index is 116. The summed E-state index contributed by atoms with van der Waals surface area (Å²) in [5.74, 6) is -2.82. The van der Waals surface area contributed by atoms with Crippen molar-refractivity contribution in [2.75, 3.05) is 19.8 Å². The summed E-state index contributed by atoms with van der Waals surface area (Å²) in [7, 11) is 0. The molecule has 1 unspecified atom stereocenters. The lowest BCUT2D eigenvalue weighted by Gasteiger charge is -2.18. The van der Waals surface area contributed by atoms with Gasteiger partial charge >= 0.3 is 0 Å². The summed E-state index contributed by atoms with van der Waals surface area (Å²) in [4.78, 5) is 0. The lowest BCUT2D eigenvalue weighted by molar-refractivity contribution is -0.129. The molecular weight excluding hydrogens is 142 g/mol. The first-order valence-electron chi connectivity index (χ1n) is 3.20. The van der Waals surface area contributed by atoms with Gasteiger partial charge < -0.3 is 9.47 Å². The van der Waals surface area contributed by atoms with Gasteiger partial charge in [-0.25, -0.2) is 8.78 Å². The molecule has 1 rings (SSSR count). The Morgan fingerprint density at radius 3 is 2.80 bits per heavy atom. The number of alkyl halides is 2. The highest BCUT2D eigenvalue weighted by atomic mass is 19.3. The first kappa shape index (κ1) is 7.88. The molecule has 0 saturated carbocycles. The lowest BCUT2D eigenvalue weighted by Crippen LogP contribution is -2.35. The zero-order valence-corrected chi connectivity index (χ0v) is 5.77. The summed E-state index contributed by atoms with van der Waals surface area (Å²) < 4.78 is 34.6. The van der Waals surface area contributed by atoms with E-state index in [9.17, 15) is 8.78 Å². The Kier molecular flexibility index (Phi) is 2.21. The molecule has 10 heavy (non-hydrogen) atoms. The topological polar surface area (TPSA) is 18.5 Å². The van der Waals surface area contributed by atoms with E-state index in [0.717, 1.165) is 0 Å². The lowest BCUT2D eigenvalue weighted by atomic mass is 10.2. The number of rotatable bonds is 0. The predicted octanol–water partition coefficient (Wildman–Crippen LogP) is 1.06. The first-order chi connectivity index (χ1) is 4.63. The number of halogens is 2. The van der Waals surface area contributed by atoms with Crippen molar-refractivity contribution in [2.45, 2.75) is 19.0 Å². The fourth-order valence-electron chi connectivity index (χ4n) is 0.731. The largest absolute Gasteiger partial charge is 0.373 e. The van der Waals surface area contributed by atoms with E-state index in [1.807, 2.05) is 0 Å². The maximum atomic E-state index is 12.6. The smallest absolute Gasteiger partial charge is 0.296 e. The third-order valence-electron chi connectivity index (χ3n) is 1.48. The van der Waals surface area contributed by atoms with E-state index >= 15 is 0 Å². The molecule has 1 saturated heterocycles. The standard InChI is InChI=1S/C6H10F2O2/c1-5-6(7,8)4-9-2-3-10-5/h5H,2-4H2,1H3. The van der Waals surface area contributed by atoms with Crippen molar-refractivity contribution in [2.24, 2.45) is 0 Å². The highest BCUT2D eigenvalue weighted by molar-refractivity contribution is 4.75. The van der Waals surface area contributed by atoms with Gasteiger partial charge in [0.2, 0.25) is 0 Å². The fourth-order valence-corrected chi connectivity index (χ4v) is 0.731. The van der Waals surface area contributed by atoms with Crippen molar-refractivity contribution in [3.05, 3.63) is 0 Å². The summed E-state index contributed by atoms with van der Waals surface area (Å²) in [5.41, 5.74) is 0. The summed E-state index contributed by atoms with van der Waals surface area (Å²) >= 11 is 0.